The highest BCUT2D eigenvalue weighted by atomic mass is 35.5. The number of carboxylic acids is 2. The molecule has 0 aliphatic carbocycles. The summed E-state index contributed by atoms with van der Waals surface area (Å²) in [5.74, 6) is -1.61. The third kappa shape index (κ3) is 6.55. The molecule has 1 aromatic carbocycles. The van der Waals surface area contributed by atoms with Crippen LogP contribution in [0.25, 0.3) is 0 Å². The molecule has 0 saturated heterocycles. The molecule has 10 heteroatoms. The van der Waals surface area contributed by atoms with Gasteiger partial charge in [-0.2, -0.15) is 0 Å². The van der Waals surface area contributed by atoms with Crippen LogP contribution < -0.4 is 4.74 Å². The molecule has 0 fully saturated rings. The number of hydrogen-bond acceptors (Lipinski definition) is 5. The fourth-order valence-electron chi connectivity index (χ4n) is 2.65. The second-order valence-corrected chi connectivity index (χ2v) is 7.53. The van der Waals surface area contributed by atoms with Gasteiger partial charge < -0.3 is 14.9 Å². The molecule has 0 spiro atoms. The van der Waals surface area contributed by atoms with Gasteiger partial charge in [-0.15, -0.1) is 0 Å². The molecule has 0 aliphatic rings. The van der Waals surface area contributed by atoms with Gasteiger partial charge in [-0.25, -0.2) is 19.6 Å². The number of benzene rings is 1. The van der Waals surface area contributed by atoms with Gasteiger partial charge in [0.15, 0.2) is 0 Å². The molecule has 7 nitrogen and oxygen atoms in total. The Kier molecular flexibility index (Phi) is 8.21. The highest BCUT2D eigenvalue weighted by Gasteiger charge is 2.16. The van der Waals surface area contributed by atoms with E-state index < -0.39 is 11.9 Å². The summed E-state index contributed by atoms with van der Waals surface area (Å²) < 4.78 is 5.69. The molecule has 0 amide bonds. The minimum Gasteiger partial charge on any atom is -0.478 e. The van der Waals surface area contributed by atoms with Crippen molar-refractivity contribution < 1.29 is 24.5 Å². The first-order valence-corrected chi connectivity index (χ1v) is 9.84. The first kappa shape index (κ1) is 24.4. The van der Waals surface area contributed by atoms with Crippen LogP contribution in [0.5, 0.6) is 11.6 Å². The molecule has 3 aromatic rings. The van der Waals surface area contributed by atoms with E-state index >= 15 is 0 Å². The summed E-state index contributed by atoms with van der Waals surface area (Å²) in [6.07, 6.45) is 0. The molecule has 3 rings (SSSR count). The Bertz CT molecular complexity index is 1130. The van der Waals surface area contributed by atoms with E-state index in [0.717, 1.165) is 16.7 Å². The number of aromatic nitrogens is 2. The molecule has 162 valence electrons. The molecule has 0 bridgehead atoms. The van der Waals surface area contributed by atoms with Crippen LogP contribution in [0.15, 0.2) is 36.4 Å². The van der Waals surface area contributed by atoms with Gasteiger partial charge in [0.2, 0.25) is 5.88 Å². The van der Waals surface area contributed by atoms with Gasteiger partial charge in [-0.3, -0.25) is 0 Å². The third-order valence-electron chi connectivity index (χ3n) is 3.91. The highest BCUT2D eigenvalue weighted by Crippen LogP contribution is 2.31. The van der Waals surface area contributed by atoms with E-state index in [1.165, 1.54) is 24.3 Å². The first-order chi connectivity index (χ1) is 14.5. The molecule has 0 saturated carbocycles. The molecule has 2 N–H and O–H groups in total. The van der Waals surface area contributed by atoms with E-state index in [2.05, 4.69) is 9.97 Å². The van der Waals surface area contributed by atoms with Gasteiger partial charge in [0.1, 0.15) is 26.8 Å². The summed E-state index contributed by atoms with van der Waals surface area (Å²) in [6, 6.07) is 9.41. The Morgan fingerprint density at radius 2 is 1.29 bits per heavy atom. The lowest BCUT2D eigenvalue weighted by atomic mass is 10.1. The van der Waals surface area contributed by atoms with E-state index in [0.29, 0.717) is 5.75 Å². The van der Waals surface area contributed by atoms with E-state index in [4.69, 9.17) is 49.8 Å². The number of nitrogens with zero attached hydrogens (tertiary/aromatic N) is 2. The van der Waals surface area contributed by atoms with Crippen LogP contribution in [0.4, 0.5) is 0 Å². The second-order valence-electron chi connectivity index (χ2n) is 6.40. The molecule has 2 heterocycles. The molecule has 31 heavy (non-hydrogen) atoms. The maximum Gasteiger partial charge on any atom is 0.341 e. The standard InChI is InChI=1S/C15H14ClNO3.C6H3Cl2NO2/c1-8-6-9(2)13(10(3)7-8)20-14-11(15(18)19)4-5-12(16)17-14;7-4-2-1-3(6(10)11)5(8)9-4/h4-7H,1-3H3,(H,18,19);1-2H,(H,10,11). The van der Waals surface area contributed by atoms with Crippen molar-refractivity contribution in [3.63, 3.8) is 0 Å². The molecule has 2 aromatic heterocycles. The van der Waals surface area contributed by atoms with E-state index in [9.17, 15) is 9.59 Å². The third-order valence-corrected chi connectivity index (χ3v) is 4.61. The number of aryl methyl sites for hydroxylation is 3. The smallest absolute Gasteiger partial charge is 0.341 e. The van der Waals surface area contributed by atoms with Crippen molar-refractivity contribution in [3.05, 3.63) is 79.7 Å². The molecular weight excluding hydrogens is 467 g/mol. The zero-order valence-corrected chi connectivity index (χ0v) is 18.9. The van der Waals surface area contributed by atoms with Crippen LogP contribution in [-0.2, 0) is 0 Å². The van der Waals surface area contributed by atoms with Crippen LogP contribution >= 0.6 is 34.8 Å². The first-order valence-electron chi connectivity index (χ1n) is 8.70. The minimum atomic E-state index is -1.11. The van der Waals surface area contributed by atoms with Crippen molar-refractivity contribution in [3.8, 4) is 11.6 Å². The van der Waals surface area contributed by atoms with Gasteiger partial charge in [0.25, 0.3) is 0 Å². The fourth-order valence-corrected chi connectivity index (χ4v) is 3.22. The topological polar surface area (TPSA) is 110 Å². The Balaban J connectivity index is 0.000000262. The van der Waals surface area contributed by atoms with Crippen LogP contribution in [-0.4, -0.2) is 32.1 Å². The monoisotopic (exact) mass is 482 g/mol. The number of hydrogen-bond donors (Lipinski definition) is 2. The van der Waals surface area contributed by atoms with Crippen LogP contribution in [0, 0.1) is 20.8 Å². The predicted molar refractivity (Wildman–Crippen MR) is 118 cm³/mol. The molecule has 0 radical (unpaired) electrons. The van der Waals surface area contributed by atoms with Crippen LogP contribution in [0.2, 0.25) is 15.5 Å². The number of pyridine rings is 2. The van der Waals surface area contributed by atoms with Crippen molar-refractivity contribution in [2.24, 2.45) is 0 Å². The lowest BCUT2D eigenvalue weighted by Crippen LogP contribution is -2.03. The zero-order valence-electron chi connectivity index (χ0n) is 16.6. The Labute approximate surface area is 193 Å². The second kappa shape index (κ2) is 10.4. The highest BCUT2D eigenvalue weighted by molar-refractivity contribution is 6.34. The summed E-state index contributed by atoms with van der Waals surface area (Å²) in [5.41, 5.74) is 2.89. The maximum atomic E-state index is 11.2. The SMILES string of the molecule is Cc1cc(C)c(Oc2nc(Cl)ccc2C(=O)O)c(C)c1.O=C(O)c1ccc(Cl)nc1Cl. The molecular formula is C21H17Cl3N2O5. The Morgan fingerprint density at radius 3 is 1.77 bits per heavy atom. The minimum absolute atomic E-state index is 0.0000491. The van der Waals surface area contributed by atoms with Crippen LogP contribution in [0.3, 0.4) is 0 Å². The number of aromatic carboxylic acids is 2. The van der Waals surface area contributed by atoms with Crippen molar-refractivity contribution in [1.82, 2.24) is 9.97 Å². The van der Waals surface area contributed by atoms with Gasteiger partial charge in [-0.1, -0.05) is 52.5 Å². The summed E-state index contributed by atoms with van der Waals surface area (Å²) in [5, 5.41) is 17.9. The van der Waals surface area contributed by atoms with Crippen molar-refractivity contribution in [2.75, 3.05) is 0 Å². The van der Waals surface area contributed by atoms with Crippen molar-refractivity contribution in [2.45, 2.75) is 20.8 Å². The summed E-state index contributed by atoms with van der Waals surface area (Å²) in [6.45, 7) is 5.80. The predicted octanol–water partition coefficient (Wildman–Crippen LogP) is 6.24. The van der Waals surface area contributed by atoms with Gasteiger partial charge >= 0.3 is 11.9 Å². The van der Waals surface area contributed by atoms with Gasteiger partial charge in [-0.05, 0) is 56.2 Å². The number of carboxylic acid groups (broad SMARTS) is 2. The normalized spacial score (nSPS) is 10.1. The Hall–Kier alpha value is -2.87. The quantitative estimate of drug-likeness (QED) is 0.423. The van der Waals surface area contributed by atoms with Crippen molar-refractivity contribution >= 4 is 46.7 Å². The Morgan fingerprint density at radius 1 is 0.806 bits per heavy atom. The lowest BCUT2D eigenvalue weighted by molar-refractivity contribution is 0.0683. The number of rotatable bonds is 4. The summed E-state index contributed by atoms with van der Waals surface area (Å²) in [7, 11) is 0. The average molecular weight is 484 g/mol. The van der Waals surface area contributed by atoms with Gasteiger partial charge in [0, 0.05) is 0 Å². The largest absolute Gasteiger partial charge is 0.478 e. The lowest BCUT2D eigenvalue weighted by Gasteiger charge is -2.13. The molecule has 0 atom stereocenters. The van der Waals surface area contributed by atoms with Gasteiger partial charge in [0.05, 0.1) is 5.56 Å². The molecule has 0 aliphatic heterocycles. The van der Waals surface area contributed by atoms with E-state index in [-0.39, 0.29) is 32.5 Å². The summed E-state index contributed by atoms with van der Waals surface area (Å²) in [4.78, 5) is 29.1. The van der Waals surface area contributed by atoms with Crippen molar-refractivity contribution in [1.29, 1.82) is 0 Å². The number of halogens is 3. The zero-order chi connectivity index (χ0) is 23.3. The number of ether oxygens (including phenoxy) is 1. The fraction of sp³-hybridized carbons (Fsp3) is 0.143. The van der Waals surface area contributed by atoms with E-state index in [1.54, 1.807) is 0 Å². The maximum absolute atomic E-state index is 11.2. The van der Waals surface area contributed by atoms with Crippen LogP contribution in [0.1, 0.15) is 37.4 Å². The van der Waals surface area contributed by atoms with E-state index in [1.807, 2.05) is 32.9 Å². The summed E-state index contributed by atoms with van der Waals surface area (Å²) >= 11 is 16.7. The molecule has 0 unspecified atom stereocenters. The number of carbonyl (C=O) groups is 2. The average Bonchev–Trinajstić information content (AvgIpc) is 2.64.